The Kier molecular flexibility index (Phi) is 2.62. The van der Waals surface area contributed by atoms with E-state index in [2.05, 4.69) is 0 Å². The minimum Gasteiger partial charge on any atom is -0.480 e. The molecule has 0 saturated heterocycles. The average molecular weight is 158 g/mol. The van der Waals surface area contributed by atoms with Gasteiger partial charge in [0.1, 0.15) is 6.61 Å². The predicted octanol–water partition coefficient (Wildman–Crippen LogP) is -0.223. The Hall–Kier alpha value is -0.870. The summed E-state index contributed by atoms with van der Waals surface area (Å²) < 4.78 is 4.89. The van der Waals surface area contributed by atoms with E-state index in [-0.39, 0.29) is 12.7 Å². The Labute approximate surface area is 64.1 Å². The summed E-state index contributed by atoms with van der Waals surface area (Å²) in [5, 5.41) is 17.2. The molecule has 1 aliphatic carbocycles. The molecular weight excluding hydrogens is 148 g/mol. The molecule has 0 fully saturated rings. The smallest absolute Gasteiger partial charge is 0.329 e. The molecule has 0 amide bonds. The van der Waals surface area contributed by atoms with Gasteiger partial charge in [-0.15, -0.1) is 0 Å². The van der Waals surface area contributed by atoms with Gasteiger partial charge in [0.15, 0.2) is 0 Å². The normalized spacial score (nSPS) is 29.2. The van der Waals surface area contributed by atoms with Crippen LogP contribution in [0, 0.1) is 0 Å². The number of aliphatic hydroxyl groups excluding tert-OH is 1. The van der Waals surface area contributed by atoms with Gasteiger partial charge in [-0.25, -0.2) is 4.79 Å². The molecule has 0 spiro atoms. The number of aliphatic carboxylic acids is 1. The van der Waals surface area contributed by atoms with E-state index in [0.717, 1.165) is 0 Å². The van der Waals surface area contributed by atoms with Crippen molar-refractivity contribution in [3.05, 3.63) is 12.2 Å². The monoisotopic (exact) mass is 158 g/mol. The Bertz CT molecular complexity index is 175. The van der Waals surface area contributed by atoms with Gasteiger partial charge in [-0.2, -0.15) is 0 Å². The lowest BCUT2D eigenvalue weighted by molar-refractivity contribution is -0.143. The molecule has 0 aromatic heterocycles. The highest BCUT2D eigenvalue weighted by Gasteiger charge is 2.17. The van der Waals surface area contributed by atoms with E-state index in [9.17, 15) is 4.79 Å². The predicted molar refractivity (Wildman–Crippen MR) is 37.1 cm³/mol. The number of hydrogen-bond acceptors (Lipinski definition) is 3. The molecule has 62 valence electrons. The van der Waals surface area contributed by atoms with Gasteiger partial charge < -0.3 is 14.9 Å². The molecule has 0 radical (unpaired) electrons. The first-order valence-corrected chi connectivity index (χ1v) is 3.38. The van der Waals surface area contributed by atoms with Crippen LogP contribution in [-0.4, -0.2) is 35.0 Å². The first-order valence-electron chi connectivity index (χ1n) is 3.38. The maximum Gasteiger partial charge on any atom is 0.329 e. The fourth-order valence-electron chi connectivity index (χ4n) is 0.949. The van der Waals surface area contributed by atoms with Crippen LogP contribution < -0.4 is 0 Å². The third-order valence-electron chi connectivity index (χ3n) is 1.44. The fourth-order valence-corrected chi connectivity index (χ4v) is 0.949. The van der Waals surface area contributed by atoms with Crippen LogP contribution in [0.2, 0.25) is 0 Å². The second-order valence-electron chi connectivity index (χ2n) is 2.43. The van der Waals surface area contributed by atoms with E-state index in [0.29, 0.717) is 6.42 Å². The van der Waals surface area contributed by atoms with Crippen LogP contribution in [0.15, 0.2) is 12.2 Å². The summed E-state index contributed by atoms with van der Waals surface area (Å²) in [6.45, 7) is -0.304. The summed E-state index contributed by atoms with van der Waals surface area (Å²) in [6, 6.07) is 0. The van der Waals surface area contributed by atoms with Crippen LogP contribution in [0.25, 0.3) is 0 Å². The van der Waals surface area contributed by atoms with Crippen molar-refractivity contribution < 1.29 is 19.7 Å². The van der Waals surface area contributed by atoms with Crippen molar-refractivity contribution in [2.75, 3.05) is 6.61 Å². The molecule has 0 aromatic rings. The first kappa shape index (κ1) is 8.23. The summed E-state index contributed by atoms with van der Waals surface area (Å²) in [6.07, 6.45) is 3.03. The third kappa shape index (κ3) is 2.69. The van der Waals surface area contributed by atoms with Crippen LogP contribution in [-0.2, 0) is 9.53 Å². The van der Waals surface area contributed by atoms with Crippen molar-refractivity contribution in [3.63, 3.8) is 0 Å². The number of carboxylic acids is 1. The van der Waals surface area contributed by atoms with E-state index in [4.69, 9.17) is 14.9 Å². The molecule has 0 aliphatic heterocycles. The zero-order valence-corrected chi connectivity index (χ0v) is 5.93. The van der Waals surface area contributed by atoms with Crippen molar-refractivity contribution in [2.45, 2.75) is 18.6 Å². The quantitative estimate of drug-likeness (QED) is 0.557. The number of aliphatic hydroxyl groups is 1. The minimum atomic E-state index is -0.986. The molecule has 0 bridgehead atoms. The second kappa shape index (κ2) is 3.50. The van der Waals surface area contributed by atoms with E-state index in [1.54, 1.807) is 12.2 Å². The summed E-state index contributed by atoms with van der Waals surface area (Å²) in [4.78, 5) is 10.0. The van der Waals surface area contributed by atoms with Crippen molar-refractivity contribution in [1.29, 1.82) is 0 Å². The Morgan fingerprint density at radius 1 is 1.64 bits per heavy atom. The van der Waals surface area contributed by atoms with Gasteiger partial charge in [0, 0.05) is 6.42 Å². The Morgan fingerprint density at radius 2 is 2.36 bits per heavy atom. The van der Waals surface area contributed by atoms with Crippen molar-refractivity contribution in [2.24, 2.45) is 0 Å². The molecule has 11 heavy (non-hydrogen) atoms. The highest BCUT2D eigenvalue weighted by Crippen LogP contribution is 2.13. The van der Waals surface area contributed by atoms with Gasteiger partial charge in [0.05, 0.1) is 12.2 Å². The lowest BCUT2D eigenvalue weighted by Gasteiger charge is -2.07. The zero-order chi connectivity index (χ0) is 8.27. The van der Waals surface area contributed by atoms with E-state index >= 15 is 0 Å². The first-order chi connectivity index (χ1) is 5.18. The number of hydrogen-bond donors (Lipinski definition) is 2. The van der Waals surface area contributed by atoms with Crippen LogP contribution in [0.4, 0.5) is 0 Å². The molecule has 0 aromatic carbocycles. The molecular formula is C7H10O4. The maximum atomic E-state index is 10.0. The molecule has 0 saturated carbocycles. The summed E-state index contributed by atoms with van der Waals surface area (Å²) in [7, 11) is 0. The standard InChI is InChI=1S/C7H10O4/c8-5-1-2-6(3-5)11-4-7(9)10/h1-2,5-6,8H,3-4H2,(H,9,10). The van der Waals surface area contributed by atoms with Crippen molar-refractivity contribution in [3.8, 4) is 0 Å². The molecule has 1 rings (SSSR count). The topological polar surface area (TPSA) is 66.8 Å². The van der Waals surface area contributed by atoms with Crippen molar-refractivity contribution >= 4 is 5.97 Å². The van der Waals surface area contributed by atoms with E-state index in [1.807, 2.05) is 0 Å². The summed E-state index contributed by atoms with van der Waals surface area (Å²) in [5.41, 5.74) is 0. The van der Waals surface area contributed by atoms with E-state index < -0.39 is 12.1 Å². The van der Waals surface area contributed by atoms with Gasteiger partial charge in [-0.05, 0) is 0 Å². The molecule has 4 nitrogen and oxygen atoms in total. The van der Waals surface area contributed by atoms with Crippen LogP contribution in [0.1, 0.15) is 6.42 Å². The second-order valence-corrected chi connectivity index (χ2v) is 2.43. The lowest BCUT2D eigenvalue weighted by Crippen LogP contribution is -2.16. The Balaban J connectivity index is 2.19. The van der Waals surface area contributed by atoms with Crippen LogP contribution in [0.3, 0.4) is 0 Å². The highest BCUT2D eigenvalue weighted by molar-refractivity contribution is 5.68. The average Bonchev–Trinajstić information content (AvgIpc) is 2.31. The molecule has 4 heteroatoms. The fraction of sp³-hybridized carbons (Fsp3) is 0.571. The van der Waals surface area contributed by atoms with Gasteiger partial charge in [0.25, 0.3) is 0 Å². The largest absolute Gasteiger partial charge is 0.480 e. The highest BCUT2D eigenvalue weighted by atomic mass is 16.5. The van der Waals surface area contributed by atoms with Gasteiger partial charge in [-0.3, -0.25) is 0 Å². The van der Waals surface area contributed by atoms with Gasteiger partial charge >= 0.3 is 5.97 Å². The minimum absolute atomic E-state index is 0.235. The number of carboxylic acid groups (broad SMARTS) is 1. The summed E-state index contributed by atoms with van der Waals surface area (Å²) >= 11 is 0. The molecule has 2 unspecified atom stereocenters. The third-order valence-corrected chi connectivity index (χ3v) is 1.44. The van der Waals surface area contributed by atoms with Crippen LogP contribution in [0.5, 0.6) is 0 Å². The zero-order valence-electron chi connectivity index (χ0n) is 5.93. The molecule has 2 atom stereocenters. The number of rotatable bonds is 3. The molecule has 0 heterocycles. The summed E-state index contributed by atoms with van der Waals surface area (Å²) in [5.74, 6) is -0.986. The number of carbonyl (C=O) groups is 1. The van der Waals surface area contributed by atoms with Gasteiger partial charge in [0.2, 0.25) is 0 Å². The molecule has 1 aliphatic rings. The SMILES string of the molecule is O=C(O)COC1C=CC(O)C1. The maximum absolute atomic E-state index is 10.0. The number of ether oxygens (including phenoxy) is 1. The molecule has 2 N–H and O–H groups in total. The lowest BCUT2D eigenvalue weighted by atomic mass is 10.3. The van der Waals surface area contributed by atoms with Crippen molar-refractivity contribution in [1.82, 2.24) is 0 Å². The Morgan fingerprint density at radius 3 is 2.82 bits per heavy atom. The van der Waals surface area contributed by atoms with Gasteiger partial charge in [-0.1, -0.05) is 12.2 Å². The van der Waals surface area contributed by atoms with E-state index in [1.165, 1.54) is 0 Å². The van der Waals surface area contributed by atoms with Crippen LogP contribution >= 0.6 is 0 Å².